The van der Waals surface area contributed by atoms with E-state index in [2.05, 4.69) is 217 Å². The minimum atomic E-state index is 0.869. The Hall–Kier alpha value is -7.68. The van der Waals surface area contributed by atoms with Crippen molar-refractivity contribution in [2.75, 3.05) is 4.90 Å². The molecule has 0 saturated carbocycles. The van der Waals surface area contributed by atoms with Gasteiger partial charge in [0.2, 0.25) is 0 Å². The Morgan fingerprint density at radius 3 is 1.36 bits per heavy atom. The number of anilines is 3. The molecule has 0 saturated heterocycles. The van der Waals surface area contributed by atoms with E-state index in [4.69, 9.17) is 4.42 Å². The average Bonchev–Trinajstić information content (AvgIpc) is 3.69. The standard InChI is InChI=1S/C56H37NO/c1-4-15-38(16-5-1)39-27-32-44(33-28-39)57(51-24-14-26-53-56(51)49-23-12-13-25-52(49)58-53)45-34-29-40(30-35-45)43-31-36-47-46-21-10-11-22-48(46)54(41-17-6-2-7-18-41)55(50(47)37-43)42-19-8-3-9-20-42/h1-37H. The highest BCUT2D eigenvalue weighted by Crippen LogP contribution is 2.47. The van der Waals surface area contributed by atoms with Gasteiger partial charge in [0.15, 0.2) is 0 Å². The molecule has 0 fully saturated rings. The molecule has 0 spiro atoms. The van der Waals surface area contributed by atoms with E-state index in [1.165, 1.54) is 60.5 Å². The van der Waals surface area contributed by atoms with Gasteiger partial charge in [-0.15, -0.1) is 0 Å². The van der Waals surface area contributed by atoms with Crippen molar-refractivity contribution in [3.8, 4) is 44.5 Å². The van der Waals surface area contributed by atoms with Crippen LogP contribution < -0.4 is 4.90 Å². The predicted molar refractivity (Wildman–Crippen MR) is 245 cm³/mol. The lowest BCUT2D eigenvalue weighted by Crippen LogP contribution is -2.10. The second-order valence-corrected chi connectivity index (χ2v) is 14.8. The highest BCUT2D eigenvalue weighted by molar-refractivity contribution is 6.22. The van der Waals surface area contributed by atoms with Crippen LogP contribution in [0.4, 0.5) is 17.1 Å². The first-order valence-electron chi connectivity index (χ1n) is 19.8. The topological polar surface area (TPSA) is 16.4 Å². The largest absolute Gasteiger partial charge is 0.456 e. The van der Waals surface area contributed by atoms with Crippen LogP contribution in [0.3, 0.4) is 0 Å². The Morgan fingerprint density at radius 1 is 0.276 bits per heavy atom. The lowest BCUT2D eigenvalue weighted by atomic mass is 9.84. The number of rotatable bonds is 7. The third kappa shape index (κ3) is 5.74. The lowest BCUT2D eigenvalue weighted by Gasteiger charge is -2.26. The highest BCUT2D eigenvalue weighted by Gasteiger charge is 2.21. The first-order chi connectivity index (χ1) is 28.8. The fourth-order valence-corrected chi connectivity index (χ4v) is 8.79. The maximum absolute atomic E-state index is 6.38. The van der Waals surface area contributed by atoms with E-state index in [0.717, 1.165) is 44.6 Å². The van der Waals surface area contributed by atoms with Crippen LogP contribution in [0.1, 0.15) is 0 Å². The molecule has 0 N–H and O–H groups in total. The van der Waals surface area contributed by atoms with Crippen LogP contribution in [-0.4, -0.2) is 0 Å². The van der Waals surface area contributed by atoms with Crippen LogP contribution in [0.25, 0.3) is 88.0 Å². The van der Waals surface area contributed by atoms with Gasteiger partial charge in [0.25, 0.3) is 0 Å². The summed E-state index contributed by atoms with van der Waals surface area (Å²) in [5, 5.41) is 7.20. The Kier molecular flexibility index (Phi) is 8.19. The Labute approximate surface area is 337 Å². The number of furan rings is 1. The van der Waals surface area contributed by atoms with Crippen molar-refractivity contribution in [1.29, 1.82) is 0 Å². The molecule has 1 aromatic heterocycles. The smallest absolute Gasteiger partial charge is 0.137 e. The minimum Gasteiger partial charge on any atom is -0.456 e. The van der Waals surface area contributed by atoms with Gasteiger partial charge in [-0.1, -0.05) is 176 Å². The molecule has 1 heterocycles. The Bertz CT molecular complexity index is 3240. The zero-order chi connectivity index (χ0) is 38.4. The Balaban J connectivity index is 1.08. The van der Waals surface area contributed by atoms with Crippen molar-refractivity contribution in [3.05, 3.63) is 224 Å². The van der Waals surface area contributed by atoms with Crippen LogP contribution in [-0.2, 0) is 0 Å². The van der Waals surface area contributed by atoms with Gasteiger partial charge in [0.1, 0.15) is 11.2 Å². The molecule has 11 aromatic rings. The van der Waals surface area contributed by atoms with Gasteiger partial charge >= 0.3 is 0 Å². The normalized spacial score (nSPS) is 11.4. The van der Waals surface area contributed by atoms with Crippen molar-refractivity contribution < 1.29 is 4.42 Å². The number of benzene rings is 10. The predicted octanol–water partition coefficient (Wildman–Crippen LogP) is 16.0. The van der Waals surface area contributed by atoms with E-state index in [0.29, 0.717) is 0 Å². The van der Waals surface area contributed by atoms with E-state index < -0.39 is 0 Å². The van der Waals surface area contributed by atoms with E-state index in [-0.39, 0.29) is 0 Å². The molecule has 0 aliphatic heterocycles. The summed E-state index contributed by atoms with van der Waals surface area (Å²) in [5.41, 5.74) is 14.6. The fraction of sp³-hybridized carbons (Fsp3) is 0. The summed E-state index contributed by atoms with van der Waals surface area (Å²) in [6.45, 7) is 0. The molecule has 11 rings (SSSR count). The molecule has 272 valence electrons. The van der Waals surface area contributed by atoms with Gasteiger partial charge in [-0.3, -0.25) is 0 Å². The maximum Gasteiger partial charge on any atom is 0.137 e. The number of nitrogens with zero attached hydrogens (tertiary/aromatic N) is 1. The molecule has 0 atom stereocenters. The SMILES string of the molecule is c1ccc(-c2ccc(N(c3ccc(-c4ccc5c(c4)c(-c4ccccc4)c(-c4ccccc4)c4ccccc45)cc3)c3cccc4oc5ccccc5c34)cc2)cc1. The minimum absolute atomic E-state index is 0.869. The molecule has 2 nitrogen and oxygen atoms in total. The van der Waals surface area contributed by atoms with Crippen LogP contribution >= 0.6 is 0 Å². The second kappa shape index (κ2) is 14.1. The van der Waals surface area contributed by atoms with Crippen molar-refractivity contribution >= 4 is 60.5 Å². The lowest BCUT2D eigenvalue weighted by molar-refractivity contribution is 0.669. The zero-order valence-electron chi connectivity index (χ0n) is 31.7. The summed E-state index contributed by atoms with van der Waals surface area (Å²) in [6, 6.07) is 80.6. The van der Waals surface area contributed by atoms with Gasteiger partial charge in [-0.25, -0.2) is 0 Å². The van der Waals surface area contributed by atoms with Crippen LogP contribution in [0, 0.1) is 0 Å². The number of hydrogen-bond acceptors (Lipinski definition) is 2. The van der Waals surface area contributed by atoms with E-state index in [9.17, 15) is 0 Å². The van der Waals surface area contributed by atoms with Gasteiger partial charge in [0.05, 0.1) is 11.1 Å². The third-order valence-electron chi connectivity index (χ3n) is 11.5. The summed E-state index contributed by atoms with van der Waals surface area (Å²) in [4.78, 5) is 2.36. The molecule has 0 radical (unpaired) electrons. The molecular weight excluding hydrogens is 703 g/mol. The Morgan fingerprint density at radius 2 is 0.724 bits per heavy atom. The monoisotopic (exact) mass is 739 g/mol. The molecular formula is C56H37NO. The molecule has 0 bridgehead atoms. The average molecular weight is 740 g/mol. The van der Waals surface area contributed by atoms with Gasteiger partial charge in [-0.05, 0) is 115 Å². The third-order valence-corrected chi connectivity index (χ3v) is 11.5. The summed E-state index contributed by atoms with van der Waals surface area (Å²) in [5.74, 6) is 0. The quantitative estimate of drug-likeness (QED) is 0.151. The van der Waals surface area contributed by atoms with Crippen molar-refractivity contribution in [2.45, 2.75) is 0 Å². The van der Waals surface area contributed by atoms with Gasteiger partial charge in [0, 0.05) is 16.8 Å². The molecule has 0 aliphatic rings. The van der Waals surface area contributed by atoms with E-state index >= 15 is 0 Å². The summed E-state index contributed by atoms with van der Waals surface area (Å²) in [6.07, 6.45) is 0. The molecule has 0 amide bonds. The van der Waals surface area contributed by atoms with Gasteiger partial charge in [-0.2, -0.15) is 0 Å². The summed E-state index contributed by atoms with van der Waals surface area (Å²) < 4.78 is 6.38. The van der Waals surface area contributed by atoms with Crippen molar-refractivity contribution in [1.82, 2.24) is 0 Å². The number of fused-ring (bicyclic) bond motifs is 6. The number of hydrogen-bond donors (Lipinski definition) is 0. The zero-order valence-corrected chi connectivity index (χ0v) is 31.7. The van der Waals surface area contributed by atoms with Crippen LogP contribution in [0.2, 0.25) is 0 Å². The molecule has 2 heteroatoms. The highest BCUT2D eigenvalue weighted by atomic mass is 16.3. The van der Waals surface area contributed by atoms with E-state index in [1.807, 2.05) is 12.1 Å². The van der Waals surface area contributed by atoms with E-state index in [1.54, 1.807) is 0 Å². The summed E-state index contributed by atoms with van der Waals surface area (Å²) >= 11 is 0. The second-order valence-electron chi connectivity index (χ2n) is 14.8. The maximum atomic E-state index is 6.38. The van der Waals surface area contributed by atoms with Crippen LogP contribution in [0.5, 0.6) is 0 Å². The van der Waals surface area contributed by atoms with Crippen LogP contribution in [0.15, 0.2) is 229 Å². The van der Waals surface area contributed by atoms with Crippen molar-refractivity contribution in [2.24, 2.45) is 0 Å². The first kappa shape index (κ1) is 33.6. The molecule has 10 aromatic carbocycles. The molecule has 0 unspecified atom stereocenters. The van der Waals surface area contributed by atoms with Gasteiger partial charge < -0.3 is 9.32 Å². The first-order valence-corrected chi connectivity index (χ1v) is 19.8. The van der Waals surface area contributed by atoms with Crippen molar-refractivity contribution in [3.63, 3.8) is 0 Å². The summed E-state index contributed by atoms with van der Waals surface area (Å²) in [7, 11) is 0. The fourth-order valence-electron chi connectivity index (χ4n) is 8.79. The number of para-hydroxylation sites is 1. The molecule has 58 heavy (non-hydrogen) atoms. The molecule has 0 aliphatic carbocycles.